The Morgan fingerprint density at radius 3 is 1.60 bits per heavy atom. The summed E-state index contributed by atoms with van der Waals surface area (Å²) in [6, 6.07) is 25.9. The zero-order chi connectivity index (χ0) is 20.8. The third-order valence-electron chi connectivity index (χ3n) is 4.71. The average molecular weight is 396 g/mol. The highest BCUT2D eigenvalue weighted by atomic mass is 15.3. The Morgan fingerprint density at radius 2 is 1.10 bits per heavy atom. The normalized spacial score (nSPS) is 10.5. The third kappa shape index (κ3) is 4.72. The molecule has 1 heterocycles. The van der Waals surface area contributed by atoms with Crippen molar-refractivity contribution in [2.24, 2.45) is 0 Å². The topological polar surface area (TPSA) is 74.8 Å². The highest BCUT2D eigenvalue weighted by Gasteiger charge is 2.10. The number of benzene rings is 3. The first kappa shape index (κ1) is 19.4. The van der Waals surface area contributed by atoms with Gasteiger partial charge in [-0.1, -0.05) is 55.5 Å². The van der Waals surface area contributed by atoms with E-state index in [4.69, 9.17) is 0 Å². The number of hydrogen-bond acceptors (Lipinski definition) is 6. The van der Waals surface area contributed by atoms with E-state index in [9.17, 15) is 0 Å². The molecule has 30 heavy (non-hydrogen) atoms. The van der Waals surface area contributed by atoms with Crippen molar-refractivity contribution >= 4 is 34.9 Å². The molecule has 150 valence electrons. The summed E-state index contributed by atoms with van der Waals surface area (Å²) in [4.78, 5) is 13.7. The molecular formula is C24H24N6. The second-order valence-corrected chi connectivity index (χ2v) is 6.87. The minimum atomic E-state index is 0.461. The van der Waals surface area contributed by atoms with Gasteiger partial charge in [-0.3, -0.25) is 0 Å². The summed E-state index contributed by atoms with van der Waals surface area (Å²) in [5.41, 5.74) is 5.30. The van der Waals surface area contributed by atoms with Crippen LogP contribution >= 0.6 is 0 Å². The van der Waals surface area contributed by atoms with Crippen LogP contribution in [0.5, 0.6) is 0 Å². The van der Waals surface area contributed by atoms with Crippen LogP contribution in [0.2, 0.25) is 0 Å². The third-order valence-corrected chi connectivity index (χ3v) is 4.71. The van der Waals surface area contributed by atoms with Gasteiger partial charge >= 0.3 is 0 Å². The van der Waals surface area contributed by atoms with E-state index < -0.39 is 0 Å². The molecule has 6 nitrogen and oxygen atoms in total. The number of nitrogens with one attached hydrogen (secondary N) is 3. The molecule has 0 aliphatic heterocycles. The van der Waals surface area contributed by atoms with Gasteiger partial charge in [-0.25, -0.2) is 0 Å². The van der Waals surface area contributed by atoms with Crippen LogP contribution in [-0.4, -0.2) is 15.0 Å². The summed E-state index contributed by atoms with van der Waals surface area (Å²) in [5.74, 6) is 1.40. The molecule has 4 rings (SSSR count). The predicted octanol–water partition coefficient (Wildman–Crippen LogP) is 5.97. The number of nitrogens with zero attached hydrogens (tertiary/aromatic N) is 3. The Hall–Kier alpha value is -3.93. The SMILES string of the molecule is CCc1c(C)cccc1Nc1nc(Nc2ccccc2)nc(Nc2ccccc2)n1. The van der Waals surface area contributed by atoms with Crippen LogP contribution in [0.1, 0.15) is 18.1 Å². The maximum atomic E-state index is 4.59. The molecule has 1 aromatic heterocycles. The number of anilines is 6. The smallest absolute Gasteiger partial charge is 0.233 e. The molecule has 0 unspecified atom stereocenters. The minimum Gasteiger partial charge on any atom is -0.324 e. The predicted molar refractivity (Wildman–Crippen MR) is 123 cm³/mol. The van der Waals surface area contributed by atoms with Gasteiger partial charge in [0, 0.05) is 17.1 Å². The lowest BCUT2D eigenvalue weighted by Gasteiger charge is -2.14. The van der Waals surface area contributed by atoms with Gasteiger partial charge in [0.1, 0.15) is 0 Å². The Morgan fingerprint density at radius 1 is 0.600 bits per heavy atom. The van der Waals surface area contributed by atoms with Gasteiger partial charge in [0.2, 0.25) is 17.8 Å². The first-order valence-corrected chi connectivity index (χ1v) is 9.97. The highest BCUT2D eigenvalue weighted by Crippen LogP contribution is 2.25. The Bertz CT molecular complexity index is 1050. The fourth-order valence-electron chi connectivity index (χ4n) is 3.25. The lowest BCUT2D eigenvalue weighted by atomic mass is 10.0. The van der Waals surface area contributed by atoms with Crippen LogP contribution in [0.15, 0.2) is 78.9 Å². The molecule has 0 saturated carbocycles. The van der Waals surface area contributed by atoms with Crippen molar-refractivity contribution < 1.29 is 0 Å². The number of hydrogen-bond donors (Lipinski definition) is 3. The molecule has 0 atom stereocenters. The van der Waals surface area contributed by atoms with Crippen LogP contribution in [0.25, 0.3) is 0 Å². The van der Waals surface area contributed by atoms with Crippen molar-refractivity contribution in [1.29, 1.82) is 0 Å². The van der Waals surface area contributed by atoms with E-state index in [2.05, 4.69) is 50.8 Å². The molecule has 3 N–H and O–H groups in total. The first-order valence-electron chi connectivity index (χ1n) is 9.97. The van der Waals surface area contributed by atoms with E-state index in [0.717, 1.165) is 23.5 Å². The number of para-hydroxylation sites is 2. The van der Waals surface area contributed by atoms with E-state index in [1.807, 2.05) is 72.8 Å². The molecule has 0 spiro atoms. The van der Waals surface area contributed by atoms with E-state index >= 15 is 0 Å². The first-order chi connectivity index (χ1) is 14.7. The van der Waals surface area contributed by atoms with E-state index in [0.29, 0.717) is 17.8 Å². The lowest BCUT2D eigenvalue weighted by molar-refractivity contribution is 1.05. The molecule has 0 aliphatic rings. The second kappa shape index (κ2) is 9.05. The summed E-state index contributed by atoms with van der Waals surface area (Å²) < 4.78 is 0. The number of rotatable bonds is 7. The van der Waals surface area contributed by atoms with Gasteiger partial charge in [-0.2, -0.15) is 15.0 Å². The molecule has 6 heteroatoms. The van der Waals surface area contributed by atoms with E-state index in [-0.39, 0.29) is 0 Å². The van der Waals surface area contributed by atoms with E-state index in [1.54, 1.807) is 0 Å². The summed E-state index contributed by atoms with van der Waals surface area (Å²) >= 11 is 0. The number of aryl methyl sites for hydroxylation is 1. The van der Waals surface area contributed by atoms with Gasteiger partial charge in [0.15, 0.2) is 0 Å². The fraction of sp³-hybridized carbons (Fsp3) is 0.125. The fourth-order valence-corrected chi connectivity index (χ4v) is 3.25. The summed E-state index contributed by atoms with van der Waals surface area (Å²) in [6.45, 7) is 4.26. The minimum absolute atomic E-state index is 0.461. The highest BCUT2D eigenvalue weighted by molar-refractivity contribution is 5.64. The molecule has 3 aromatic carbocycles. The summed E-state index contributed by atoms with van der Waals surface area (Å²) in [5, 5.41) is 9.88. The quantitative estimate of drug-likeness (QED) is 0.357. The lowest BCUT2D eigenvalue weighted by Crippen LogP contribution is -2.08. The molecule has 0 saturated heterocycles. The van der Waals surface area contributed by atoms with Crippen molar-refractivity contribution in [2.45, 2.75) is 20.3 Å². The molecule has 0 amide bonds. The maximum Gasteiger partial charge on any atom is 0.233 e. The molecule has 0 bridgehead atoms. The Kier molecular flexibility index (Phi) is 5.85. The number of aromatic nitrogens is 3. The standard InChI is InChI=1S/C24H24N6/c1-3-20-17(2)11-10-16-21(20)27-24-29-22(25-18-12-6-4-7-13-18)28-23(30-24)26-19-14-8-5-9-15-19/h4-16H,3H2,1-2H3,(H3,25,26,27,28,29,30). The van der Waals surface area contributed by atoms with Crippen molar-refractivity contribution in [3.8, 4) is 0 Å². The van der Waals surface area contributed by atoms with Crippen molar-refractivity contribution in [3.63, 3.8) is 0 Å². The van der Waals surface area contributed by atoms with Crippen LogP contribution in [0, 0.1) is 6.92 Å². The van der Waals surface area contributed by atoms with Crippen LogP contribution in [0.4, 0.5) is 34.9 Å². The monoisotopic (exact) mass is 396 g/mol. The molecule has 0 aliphatic carbocycles. The van der Waals surface area contributed by atoms with Crippen molar-refractivity contribution in [1.82, 2.24) is 15.0 Å². The molecule has 0 radical (unpaired) electrons. The van der Waals surface area contributed by atoms with Gasteiger partial charge < -0.3 is 16.0 Å². The zero-order valence-corrected chi connectivity index (χ0v) is 17.1. The summed E-state index contributed by atoms with van der Waals surface area (Å²) in [7, 11) is 0. The van der Waals surface area contributed by atoms with Gasteiger partial charge in [-0.15, -0.1) is 0 Å². The molecule has 0 fully saturated rings. The van der Waals surface area contributed by atoms with Crippen LogP contribution in [-0.2, 0) is 6.42 Å². The van der Waals surface area contributed by atoms with E-state index in [1.165, 1.54) is 11.1 Å². The van der Waals surface area contributed by atoms with Gasteiger partial charge in [0.25, 0.3) is 0 Å². The second-order valence-electron chi connectivity index (χ2n) is 6.87. The van der Waals surface area contributed by atoms with Crippen molar-refractivity contribution in [3.05, 3.63) is 90.0 Å². The van der Waals surface area contributed by atoms with Gasteiger partial charge in [0.05, 0.1) is 0 Å². The molecule has 4 aromatic rings. The molecular weight excluding hydrogens is 372 g/mol. The van der Waals surface area contributed by atoms with Crippen LogP contribution < -0.4 is 16.0 Å². The van der Waals surface area contributed by atoms with Gasteiger partial charge in [-0.05, 0) is 54.8 Å². The summed E-state index contributed by atoms with van der Waals surface area (Å²) in [6.07, 6.45) is 0.921. The average Bonchev–Trinajstić information content (AvgIpc) is 2.75. The van der Waals surface area contributed by atoms with Crippen LogP contribution in [0.3, 0.4) is 0 Å². The Labute approximate surface area is 176 Å². The largest absolute Gasteiger partial charge is 0.324 e. The van der Waals surface area contributed by atoms with Crippen molar-refractivity contribution in [2.75, 3.05) is 16.0 Å². The zero-order valence-electron chi connectivity index (χ0n) is 17.1. The maximum absolute atomic E-state index is 4.59. The Balaban J connectivity index is 1.69.